The summed E-state index contributed by atoms with van der Waals surface area (Å²) in [5, 5.41) is 22.1. The van der Waals surface area contributed by atoms with Gasteiger partial charge in [-0.05, 0) is 13.3 Å². The van der Waals surface area contributed by atoms with Crippen molar-refractivity contribution in [2.24, 2.45) is 0 Å². The molecule has 16 heavy (non-hydrogen) atoms. The first-order chi connectivity index (χ1) is 7.51. The van der Waals surface area contributed by atoms with Crippen LogP contribution in [0.25, 0.3) is 0 Å². The molecule has 0 aliphatic carbocycles. The van der Waals surface area contributed by atoms with E-state index in [4.69, 9.17) is 10.2 Å². The lowest BCUT2D eigenvalue weighted by Crippen LogP contribution is -2.49. The fourth-order valence-corrected chi connectivity index (χ4v) is 1.19. The lowest BCUT2D eigenvalue weighted by Gasteiger charge is -2.16. The summed E-state index contributed by atoms with van der Waals surface area (Å²) in [5.41, 5.74) is 0. The van der Waals surface area contributed by atoms with Crippen LogP contribution in [0, 0.1) is 0 Å². The molecule has 0 radical (unpaired) electrons. The number of carboxylic acids is 1. The van der Waals surface area contributed by atoms with Gasteiger partial charge in [-0.15, -0.1) is 0 Å². The number of nitrogens with one attached hydrogen (secondary N) is 2. The maximum Gasteiger partial charge on any atom is 0.328 e. The lowest BCUT2D eigenvalue weighted by atomic mass is 10.1. The predicted molar refractivity (Wildman–Crippen MR) is 59.2 cm³/mol. The van der Waals surface area contributed by atoms with E-state index in [9.17, 15) is 9.59 Å². The van der Waals surface area contributed by atoms with Crippen LogP contribution in [0.5, 0.6) is 0 Å². The highest BCUT2D eigenvalue weighted by Crippen LogP contribution is 1.99. The van der Waals surface area contributed by atoms with Gasteiger partial charge in [-0.1, -0.05) is 19.8 Å². The second-order valence-electron chi connectivity index (χ2n) is 3.73. The topological polar surface area (TPSA) is 98.7 Å². The predicted octanol–water partition coefficient (Wildman–Crippen LogP) is 0.310. The zero-order valence-electron chi connectivity index (χ0n) is 9.69. The van der Waals surface area contributed by atoms with E-state index in [1.807, 2.05) is 6.92 Å². The minimum Gasteiger partial charge on any atom is -0.480 e. The SMILES string of the molecule is CCCCC(C)NC(=O)N[C@H](CO)C(=O)O. The number of aliphatic hydroxyl groups excluding tert-OH is 1. The van der Waals surface area contributed by atoms with Gasteiger partial charge in [0.15, 0.2) is 6.04 Å². The van der Waals surface area contributed by atoms with Gasteiger partial charge >= 0.3 is 12.0 Å². The van der Waals surface area contributed by atoms with Crippen molar-refractivity contribution in [3.05, 3.63) is 0 Å². The molecule has 0 aromatic rings. The van der Waals surface area contributed by atoms with Crippen molar-refractivity contribution in [2.75, 3.05) is 6.61 Å². The molecular weight excluding hydrogens is 212 g/mol. The zero-order valence-corrected chi connectivity index (χ0v) is 9.69. The number of urea groups is 1. The molecule has 0 saturated heterocycles. The van der Waals surface area contributed by atoms with Crippen molar-refractivity contribution < 1.29 is 19.8 Å². The smallest absolute Gasteiger partial charge is 0.328 e. The largest absolute Gasteiger partial charge is 0.480 e. The van der Waals surface area contributed by atoms with Crippen molar-refractivity contribution >= 4 is 12.0 Å². The molecule has 0 bridgehead atoms. The number of carbonyl (C=O) groups is 2. The average molecular weight is 232 g/mol. The van der Waals surface area contributed by atoms with Crippen molar-refractivity contribution in [3.8, 4) is 0 Å². The first kappa shape index (κ1) is 14.7. The molecule has 1 unspecified atom stereocenters. The van der Waals surface area contributed by atoms with Gasteiger partial charge in [-0.2, -0.15) is 0 Å². The summed E-state index contributed by atoms with van der Waals surface area (Å²) in [6, 6.07) is -1.82. The number of hydrogen-bond donors (Lipinski definition) is 4. The van der Waals surface area contributed by atoms with E-state index in [0.717, 1.165) is 19.3 Å². The molecule has 0 aromatic heterocycles. The van der Waals surface area contributed by atoms with Gasteiger partial charge in [0.1, 0.15) is 0 Å². The Labute approximate surface area is 95.0 Å². The Morgan fingerprint density at radius 3 is 2.38 bits per heavy atom. The number of rotatable bonds is 7. The molecule has 6 nitrogen and oxygen atoms in total. The second kappa shape index (κ2) is 7.92. The number of amides is 2. The standard InChI is InChI=1S/C10H20N2O4/c1-3-4-5-7(2)11-10(16)12-8(6-13)9(14)15/h7-8,13H,3-6H2,1-2H3,(H,14,15)(H2,11,12,16)/t7?,8-/m1/s1. The van der Waals surface area contributed by atoms with Gasteiger partial charge in [0.25, 0.3) is 0 Å². The normalized spacial score (nSPS) is 13.9. The fourth-order valence-electron chi connectivity index (χ4n) is 1.19. The minimum atomic E-state index is -1.25. The van der Waals surface area contributed by atoms with E-state index >= 15 is 0 Å². The van der Waals surface area contributed by atoms with Crippen LogP contribution in [0.2, 0.25) is 0 Å². The number of aliphatic hydroxyl groups is 1. The first-order valence-corrected chi connectivity index (χ1v) is 5.42. The molecule has 0 saturated carbocycles. The monoisotopic (exact) mass is 232 g/mol. The molecule has 94 valence electrons. The maximum atomic E-state index is 11.3. The summed E-state index contributed by atoms with van der Waals surface area (Å²) in [6.07, 6.45) is 2.90. The summed E-state index contributed by atoms with van der Waals surface area (Å²) in [4.78, 5) is 21.8. The summed E-state index contributed by atoms with van der Waals surface area (Å²) < 4.78 is 0. The molecule has 0 spiro atoms. The molecular formula is C10H20N2O4. The molecule has 4 N–H and O–H groups in total. The van der Waals surface area contributed by atoms with E-state index in [0.29, 0.717) is 0 Å². The Bertz CT molecular complexity index is 233. The van der Waals surface area contributed by atoms with Gasteiger partial charge in [0.05, 0.1) is 6.61 Å². The van der Waals surface area contributed by atoms with Gasteiger partial charge in [-0.25, -0.2) is 9.59 Å². The molecule has 2 amide bonds. The molecule has 0 fully saturated rings. The van der Waals surface area contributed by atoms with Crippen LogP contribution in [0.3, 0.4) is 0 Å². The van der Waals surface area contributed by atoms with Crippen LogP contribution >= 0.6 is 0 Å². The highest BCUT2D eigenvalue weighted by Gasteiger charge is 2.19. The summed E-state index contributed by atoms with van der Waals surface area (Å²) in [5.74, 6) is -1.25. The number of hydrogen-bond acceptors (Lipinski definition) is 3. The third-order valence-electron chi connectivity index (χ3n) is 2.15. The third-order valence-corrected chi connectivity index (χ3v) is 2.15. The van der Waals surface area contributed by atoms with Crippen molar-refractivity contribution in [1.82, 2.24) is 10.6 Å². The Balaban J connectivity index is 3.92. The Kier molecular flexibility index (Phi) is 7.28. The molecule has 0 aliphatic heterocycles. The van der Waals surface area contributed by atoms with Crippen LogP contribution in [0.1, 0.15) is 33.1 Å². The molecule has 0 aromatic carbocycles. The summed E-state index contributed by atoms with van der Waals surface area (Å²) >= 11 is 0. The number of unbranched alkanes of at least 4 members (excludes halogenated alkanes) is 1. The quantitative estimate of drug-likeness (QED) is 0.507. The van der Waals surface area contributed by atoms with Crippen LogP contribution in [-0.2, 0) is 4.79 Å². The number of carbonyl (C=O) groups excluding carboxylic acids is 1. The summed E-state index contributed by atoms with van der Waals surface area (Å²) in [6.45, 7) is 3.29. The highest BCUT2D eigenvalue weighted by atomic mass is 16.4. The van der Waals surface area contributed by atoms with E-state index in [1.165, 1.54) is 0 Å². The van der Waals surface area contributed by atoms with Gasteiger partial charge in [0.2, 0.25) is 0 Å². The van der Waals surface area contributed by atoms with E-state index < -0.39 is 24.6 Å². The van der Waals surface area contributed by atoms with Crippen LogP contribution in [0.15, 0.2) is 0 Å². The Morgan fingerprint density at radius 2 is 1.94 bits per heavy atom. The Hall–Kier alpha value is -1.30. The lowest BCUT2D eigenvalue weighted by molar-refractivity contribution is -0.140. The maximum absolute atomic E-state index is 11.3. The average Bonchev–Trinajstić information content (AvgIpc) is 2.22. The van der Waals surface area contributed by atoms with E-state index in [-0.39, 0.29) is 6.04 Å². The van der Waals surface area contributed by atoms with Crippen molar-refractivity contribution in [3.63, 3.8) is 0 Å². The van der Waals surface area contributed by atoms with Crippen molar-refractivity contribution in [2.45, 2.75) is 45.2 Å². The van der Waals surface area contributed by atoms with Crippen LogP contribution in [-0.4, -0.2) is 40.9 Å². The van der Waals surface area contributed by atoms with Crippen molar-refractivity contribution in [1.29, 1.82) is 0 Å². The fraction of sp³-hybridized carbons (Fsp3) is 0.800. The van der Waals surface area contributed by atoms with Crippen LogP contribution in [0.4, 0.5) is 4.79 Å². The van der Waals surface area contributed by atoms with Gasteiger partial charge in [-0.3, -0.25) is 0 Å². The second-order valence-corrected chi connectivity index (χ2v) is 3.73. The minimum absolute atomic E-state index is 0.00640. The molecule has 6 heteroatoms. The van der Waals surface area contributed by atoms with Crippen LogP contribution < -0.4 is 10.6 Å². The van der Waals surface area contributed by atoms with E-state index in [2.05, 4.69) is 17.6 Å². The number of carboxylic acid groups (broad SMARTS) is 1. The van der Waals surface area contributed by atoms with E-state index in [1.54, 1.807) is 0 Å². The number of aliphatic carboxylic acids is 1. The van der Waals surface area contributed by atoms with Gasteiger partial charge < -0.3 is 20.8 Å². The molecule has 0 heterocycles. The van der Waals surface area contributed by atoms with Gasteiger partial charge in [0, 0.05) is 6.04 Å². The molecule has 0 rings (SSSR count). The third kappa shape index (κ3) is 6.23. The first-order valence-electron chi connectivity index (χ1n) is 5.42. The Morgan fingerprint density at radius 1 is 1.31 bits per heavy atom. The summed E-state index contributed by atoms with van der Waals surface area (Å²) in [7, 11) is 0. The molecule has 2 atom stereocenters. The zero-order chi connectivity index (χ0) is 12.6. The molecule has 0 aliphatic rings. The highest BCUT2D eigenvalue weighted by molar-refractivity contribution is 5.82.